The van der Waals surface area contributed by atoms with E-state index >= 15 is 0 Å². The van der Waals surface area contributed by atoms with Gasteiger partial charge in [-0.3, -0.25) is 0 Å². The summed E-state index contributed by atoms with van der Waals surface area (Å²) in [6.07, 6.45) is 0. The third-order valence-electron chi connectivity index (χ3n) is 3.07. The molecule has 6 heteroatoms. The topological polar surface area (TPSA) is 48.6 Å². The summed E-state index contributed by atoms with van der Waals surface area (Å²) in [6, 6.07) is 10.2. The van der Waals surface area contributed by atoms with E-state index in [1.165, 1.54) is 12.1 Å². The predicted octanol–water partition coefficient (Wildman–Crippen LogP) is 4.13. The molecule has 0 fully saturated rings. The lowest BCUT2D eigenvalue weighted by Gasteiger charge is -2.11. The van der Waals surface area contributed by atoms with E-state index in [2.05, 4.69) is 25.9 Å². The van der Waals surface area contributed by atoms with Gasteiger partial charge in [0.25, 0.3) is 0 Å². The Hall–Kier alpha value is -1.59. The second kappa shape index (κ2) is 5.07. The van der Waals surface area contributed by atoms with Gasteiger partial charge in [0.15, 0.2) is 0 Å². The molecule has 1 aromatic heterocycles. The quantitative estimate of drug-likeness (QED) is 0.667. The highest BCUT2D eigenvalue weighted by molar-refractivity contribution is 9.09. The Morgan fingerprint density at radius 1 is 1.05 bits per heavy atom. The molecule has 1 atom stereocenters. The van der Waals surface area contributed by atoms with Crippen LogP contribution in [0.4, 0.5) is 4.39 Å². The average molecular weight is 356 g/mol. The molecule has 3 nitrogen and oxygen atoms in total. The molecule has 0 spiro atoms. The van der Waals surface area contributed by atoms with Crippen LogP contribution in [-0.2, 0) is 0 Å². The van der Waals surface area contributed by atoms with Crippen LogP contribution in [0.2, 0.25) is 5.02 Å². The van der Waals surface area contributed by atoms with Crippen molar-refractivity contribution in [1.29, 1.82) is 0 Å². The number of H-pyrrole nitrogens is 2. The minimum absolute atomic E-state index is 0.0962. The van der Waals surface area contributed by atoms with Crippen LogP contribution in [0.1, 0.15) is 16.0 Å². The lowest BCUT2D eigenvalue weighted by Crippen LogP contribution is -1.99. The number of alkyl halides is 1. The van der Waals surface area contributed by atoms with Gasteiger partial charge in [0, 0.05) is 0 Å². The van der Waals surface area contributed by atoms with Gasteiger partial charge in [0.05, 0.1) is 20.9 Å². The normalized spacial score (nSPS) is 12.8. The molecule has 2 N–H and O–H groups in total. The van der Waals surface area contributed by atoms with Crippen LogP contribution in [0.15, 0.2) is 41.2 Å². The van der Waals surface area contributed by atoms with Gasteiger partial charge < -0.3 is 9.97 Å². The van der Waals surface area contributed by atoms with Crippen LogP contribution in [0.25, 0.3) is 11.0 Å². The molecule has 2 aromatic carbocycles. The molecular formula is C14H9BrClFN2O. The lowest BCUT2D eigenvalue weighted by atomic mass is 10.0. The van der Waals surface area contributed by atoms with Crippen molar-refractivity contribution < 1.29 is 4.39 Å². The first-order valence-electron chi connectivity index (χ1n) is 5.85. The van der Waals surface area contributed by atoms with E-state index in [0.29, 0.717) is 5.52 Å². The van der Waals surface area contributed by atoms with E-state index in [1.807, 2.05) is 18.2 Å². The average Bonchev–Trinajstić information content (AvgIpc) is 2.80. The number of aromatic amines is 2. The number of imidazole rings is 1. The maximum atomic E-state index is 13.5. The van der Waals surface area contributed by atoms with Crippen molar-refractivity contribution >= 4 is 38.6 Å². The number of hydrogen-bond acceptors (Lipinski definition) is 1. The first kappa shape index (κ1) is 13.4. The third-order valence-corrected chi connectivity index (χ3v) is 4.43. The SMILES string of the molecule is O=c1[nH]c2ccc(C(Br)c3ccc(Cl)c(F)c3)cc2[nH]1. The minimum Gasteiger partial charge on any atom is -0.306 e. The summed E-state index contributed by atoms with van der Waals surface area (Å²) in [4.78, 5) is 16.4. The lowest BCUT2D eigenvalue weighted by molar-refractivity contribution is 0.626. The fourth-order valence-electron chi connectivity index (χ4n) is 2.07. The van der Waals surface area contributed by atoms with E-state index in [1.54, 1.807) is 6.07 Å². The Kier molecular flexibility index (Phi) is 3.40. The van der Waals surface area contributed by atoms with Crippen LogP contribution in [-0.4, -0.2) is 9.97 Å². The van der Waals surface area contributed by atoms with Crippen LogP contribution in [0.5, 0.6) is 0 Å². The summed E-state index contributed by atoms with van der Waals surface area (Å²) in [5.74, 6) is -0.454. The smallest absolute Gasteiger partial charge is 0.306 e. The Balaban J connectivity index is 2.04. The Morgan fingerprint density at radius 2 is 1.70 bits per heavy atom. The van der Waals surface area contributed by atoms with Crippen molar-refractivity contribution in [2.75, 3.05) is 0 Å². The molecular weight excluding hydrogens is 347 g/mol. The molecule has 102 valence electrons. The number of rotatable bonds is 2. The molecule has 0 aliphatic rings. The van der Waals surface area contributed by atoms with Crippen LogP contribution < -0.4 is 5.69 Å². The zero-order valence-electron chi connectivity index (χ0n) is 10.1. The van der Waals surface area contributed by atoms with Gasteiger partial charge in [-0.1, -0.05) is 39.7 Å². The van der Waals surface area contributed by atoms with Crippen LogP contribution >= 0.6 is 27.5 Å². The van der Waals surface area contributed by atoms with Crippen molar-refractivity contribution in [1.82, 2.24) is 9.97 Å². The van der Waals surface area contributed by atoms with Gasteiger partial charge in [0.2, 0.25) is 0 Å². The van der Waals surface area contributed by atoms with Gasteiger partial charge in [-0.2, -0.15) is 0 Å². The second-order valence-electron chi connectivity index (χ2n) is 4.42. The maximum Gasteiger partial charge on any atom is 0.323 e. The zero-order valence-corrected chi connectivity index (χ0v) is 12.4. The fraction of sp³-hybridized carbons (Fsp3) is 0.0714. The number of nitrogens with one attached hydrogen (secondary N) is 2. The van der Waals surface area contributed by atoms with Crippen molar-refractivity contribution in [2.45, 2.75) is 4.83 Å². The van der Waals surface area contributed by atoms with Crippen LogP contribution in [0, 0.1) is 5.82 Å². The Morgan fingerprint density at radius 3 is 2.45 bits per heavy atom. The van der Waals surface area contributed by atoms with Gasteiger partial charge in [-0.15, -0.1) is 0 Å². The highest BCUT2D eigenvalue weighted by Crippen LogP contribution is 2.33. The molecule has 0 bridgehead atoms. The third kappa shape index (κ3) is 2.39. The highest BCUT2D eigenvalue weighted by Gasteiger charge is 2.13. The number of halogens is 3. The summed E-state index contributed by atoms with van der Waals surface area (Å²) in [5.41, 5.74) is 2.87. The number of benzene rings is 2. The molecule has 0 radical (unpaired) electrons. The molecule has 20 heavy (non-hydrogen) atoms. The molecule has 0 saturated heterocycles. The Labute approximate surface area is 126 Å². The van der Waals surface area contributed by atoms with Gasteiger partial charge >= 0.3 is 5.69 Å². The molecule has 0 amide bonds. The molecule has 1 unspecified atom stereocenters. The monoisotopic (exact) mass is 354 g/mol. The number of fused-ring (bicyclic) bond motifs is 1. The second-order valence-corrected chi connectivity index (χ2v) is 5.74. The van der Waals surface area contributed by atoms with E-state index < -0.39 is 5.82 Å². The summed E-state index contributed by atoms with van der Waals surface area (Å²) in [7, 11) is 0. The standard InChI is InChI=1S/C14H9BrClFN2O/c15-13(7-1-3-9(16)10(17)5-7)8-2-4-11-12(6-8)19-14(20)18-11/h1-6,13H,(H2,18,19,20). The molecule has 1 heterocycles. The van der Waals surface area contributed by atoms with E-state index in [-0.39, 0.29) is 15.5 Å². The number of hydrogen-bond donors (Lipinski definition) is 2. The van der Waals surface area contributed by atoms with Gasteiger partial charge in [0.1, 0.15) is 5.82 Å². The summed E-state index contributed by atoms with van der Waals surface area (Å²) in [6.45, 7) is 0. The van der Waals surface area contributed by atoms with Crippen molar-refractivity contribution in [3.8, 4) is 0 Å². The fourth-order valence-corrected chi connectivity index (χ4v) is 2.76. The van der Waals surface area contributed by atoms with E-state index in [0.717, 1.165) is 16.6 Å². The maximum absolute atomic E-state index is 13.5. The molecule has 3 rings (SSSR count). The van der Waals surface area contributed by atoms with Gasteiger partial charge in [-0.05, 0) is 35.4 Å². The van der Waals surface area contributed by atoms with Crippen molar-refractivity contribution in [3.05, 3.63) is 68.8 Å². The summed E-state index contributed by atoms with van der Waals surface area (Å²) >= 11 is 9.21. The zero-order chi connectivity index (χ0) is 14.3. The molecule has 0 saturated carbocycles. The van der Waals surface area contributed by atoms with Crippen molar-refractivity contribution in [3.63, 3.8) is 0 Å². The minimum atomic E-state index is -0.454. The van der Waals surface area contributed by atoms with E-state index in [9.17, 15) is 9.18 Å². The van der Waals surface area contributed by atoms with E-state index in [4.69, 9.17) is 11.6 Å². The summed E-state index contributed by atoms with van der Waals surface area (Å²) in [5, 5.41) is 0.0962. The van der Waals surface area contributed by atoms with Crippen molar-refractivity contribution in [2.24, 2.45) is 0 Å². The van der Waals surface area contributed by atoms with Crippen LogP contribution in [0.3, 0.4) is 0 Å². The largest absolute Gasteiger partial charge is 0.323 e. The highest BCUT2D eigenvalue weighted by atomic mass is 79.9. The molecule has 3 aromatic rings. The first-order valence-corrected chi connectivity index (χ1v) is 7.15. The Bertz CT molecular complexity index is 843. The number of aromatic nitrogens is 2. The van der Waals surface area contributed by atoms with Gasteiger partial charge in [-0.25, -0.2) is 9.18 Å². The summed E-state index contributed by atoms with van der Waals surface area (Å²) < 4.78 is 13.5. The molecule has 0 aliphatic carbocycles. The molecule has 0 aliphatic heterocycles. The first-order chi connectivity index (χ1) is 9.54. The predicted molar refractivity (Wildman–Crippen MR) is 81.1 cm³/mol.